The van der Waals surface area contributed by atoms with E-state index in [1.807, 2.05) is 57.2 Å². The number of aromatic nitrogens is 1. The van der Waals surface area contributed by atoms with Crippen LogP contribution in [-0.2, 0) is 11.3 Å². The van der Waals surface area contributed by atoms with Crippen molar-refractivity contribution < 1.29 is 19.6 Å². The van der Waals surface area contributed by atoms with E-state index in [0.717, 1.165) is 39.5 Å². The van der Waals surface area contributed by atoms with Crippen LogP contribution in [0, 0.1) is 17.0 Å². The van der Waals surface area contributed by atoms with Gasteiger partial charge in [-0.05, 0) is 62.7 Å². The molecule has 1 heterocycles. The molecular formula is C26H27N3O5. The van der Waals surface area contributed by atoms with Crippen LogP contribution in [0.25, 0.3) is 21.8 Å². The highest BCUT2D eigenvalue weighted by Gasteiger charge is 2.18. The Hall–Kier alpha value is -3.91. The standard InChI is InChI=1S/C26H27N3O5/c1-5-28-24-10-6-18(13-22(24)23-14-19(29(31)32)7-11-25(23)28)26(27-30)21-9-8-20(12-16(21)2)34-17(3)15-33-4/h6-14,17,30H,5,15H2,1-4H3. The number of hydrogen-bond donors (Lipinski definition) is 1. The van der Waals surface area contributed by atoms with Crippen LogP contribution in [0.1, 0.15) is 30.5 Å². The van der Waals surface area contributed by atoms with Gasteiger partial charge in [-0.1, -0.05) is 11.2 Å². The minimum Gasteiger partial charge on any atom is -0.488 e. The molecule has 0 fully saturated rings. The van der Waals surface area contributed by atoms with Crippen LogP contribution in [-0.4, -0.2) is 40.2 Å². The average Bonchev–Trinajstić information content (AvgIpc) is 3.13. The molecule has 0 saturated carbocycles. The van der Waals surface area contributed by atoms with Crippen molar-refractivity contribution in [3.63, 3.8) is 0 Å². The third-order valence-electron chi connectivity index (χ3n) is 5.94. The lowest BCUT2D eigenvalue weighted by Gasteiger charge is -2.16. The van der Waals surface area contributed by atoms with Gasteiger partial charge in [0, 0.05) is 58.7 Å². The van der Waals surface area contributed by atoms with Crippen LogP contribution in [0.15, 0.2) is 59.8 Å². The smallest absolute Gasteiger partial charge is 0.270 e. The fourth-order valence-electron chi connectivity index (χ4n) is 4.44. The van der Waals surface area contributed by atoms with E-state index in [4.69, 9.17) is 9.47 Å². The maximum Gasteiger partial charge on any atom is 0.270 e. The average molecular weight is 462 g/mol. The van der Waals surface area contributed by atoms with Crippen molar-refractivity contribution in [1.29, 1.82) is 0 Å². The summed E-state index contributed by atoms with van der Waals surface area (Å²) in [5, 5.41) is 26.6. The first-order chi connectivity index (χ1) is 16.4. The predicted molar refractivity (Wildman–Crippen MR) is 132 cm³/mol. The largest absolute Gasteiger partial charge is 0.488 e. The number of oxime groups is 1. The van der Waals surface area contributed by atoms with Crippen LogP contribution in [0.4, 0.5) is 5.69 Å². The zero-order valence-corrected chi connectivity index (χ0v) is 19.6. The summed E-state index contributed by atoms with van der Waals surface area (Å²) in [6, 6.07) is 16.3. The first kappa shape index (κ1) is 23.3. The van der Waals surface area contributed by atoms with Gasteiger partial charge in [0.15, 0.2) is 0 Å². The predicted octanol–water partition coefficient (Wildman–Crippen LogP) is 5.67. The Labute approximate surface area is 197 Å². The maximum atomic E-state index is 11.4. The van der Waals surface area contributed by atoms with Crippen LogP contribution in [0.2, 0.25) is 0 Å². The van der Waals surface area contributed by atoms with Gasteiger partial charge in [-0.15, -0.1) is 0 Å². The lowest BCUT2D eigenvalue weighted by Crippen LogP contribution is -2.18. The van der Waals surface area contributed by atoms with Gasteiger partial charge in [0.05, 0.1) is 11.5 Å². The number of nitro benzene ring substituents is 1. The fraction of sp³-hybridized carbons (Fsp3) is 0.269. The molecule has 0 saturated heterocycles. The molecule has 0 spiro atoms. The summed E-state index contributed by atoms with van der Waals surface area (Å²) in [5.74, 6) is 0.705. The van der Waals surface area contributed by atoms with Gasteiger partial charge in [-0.3, -0.25) is 10.1 Å². The minimum absolute atomic E-state index is 0.0400. The lowest BCUT2D eigenvalue weighted by atomic mass is 9.96. The molecular weight excluding hydrogens is 434 g/mol. The Morgan fingerprint density at radius 3 is 2.44 bits per heavy atom. The Morgan fingerprint density at radius 2 is 1.82 bits per heavy atom. The van der Waals surface area contributed by atoms with E-state index in [2.05, 4.69) is 9.72 Å². The summed E-state index contributed by atoms with van der Waals surface area (Å²) >= 11 is 0. The molecule has 0 bridgehead atoms. The number of non-ortho nitro benzene ring substituents is 1. The molecule has 1 atom stereocenters. The summed E-state index contributed by atoms with van der Waals surface area (Å²) in [6.07, 6.45) is -0.0939. The first-order valence-corrected chi connectivity index (χ1v) is 11.1. The molecule has 1 N–H and O–H groups in total. The molecule has 34 heavy (non-hydrogen) atoms. The van der Waals surface area contributed by atoms with E-state index < -0.39 is 0 Å². The zero-order valence-electron chi connectivity index (χ0n) is 19.6. The van der Waals surface area contributed by atoms with E-state index in [0.29, 0.717) is 23.6 Å². The molecule has 8 heteroatoms. The normalized spacial score (nSPS) is 12.9. The minimum atomic E-state index is -0.389. The molecule has 176 valence electrons. The van der Waals surface area contributed by atoms with Gasteiger partial charge in [0.25, 0.3) is 5.69 Å². The van der Waals surface area contributed by atoms with Crippen molar-refractivity contribution in [1.82, 2.24) is 4.57 Å². The SMILES string of the molecule is CCn1c2ccc(C(=NO)c3ccc(OC(C)COC)cc3C)cc2c2cc([N+](=O)[O-])ccc21. The summed E-state index contributed by atoms with van der Waals surface area (Å²) in [7, 11) is 1.63. The highest BCUT2D eigenvalue weighted by atomic mass is 16.6. The van der Waals surface area contributed by atoms with Gasteiger partial charge in [0.2, 0.25) is 0 Å². The molecule has 1 aromatic heterocycles. The Bertz CT molecular complexity index is 1410. The molecule has 8 nitrogen and oxygen atoms in total. The third-order valence-corrected chi connectivity index (χ3v) is 5.94. The van der Waals surface area contributed by atoms with Gasteiger partial charge >= 0.3 is 0 Å². The fourth-order valence-corrected chi connectivity index (χ4v) is 4.44. The number of nitrogens with zero attached hydrogens (tertiary/aromatic N) is 3. The second-order valence-corrected chi connectivity index (χ2v) is 8.24. The van der Waals surface area contributed by atoms with Crippen molar-refractivity contribution in [2.45, 2.75) is 33.4 Å². The third kappa shape index (κ3) is 4.20. The number of benzene rings is 3. The first-order valence-electron chi connectivity index (χ1n) is 11.1. The topological polar surface area (TPSA) is 99.1 Å². The molecule has 0 radical (unpaired) electrons. The monoisotopic (exact) mass is 461 g/mol. The highest BCUT2D eigenvalue weighted by molar-refractivity contribution is 6.17. The number of methoxy groups -OCH3 is 1. The van der Waals surface area contributed by atoms with Crippen molar-refractivity contribution in [2.24, 2.45) is 5.16 Å². The number of fused-ring (bicyclic) bond motifs is 3. The number of hydrogen-bond acceptors (Lipinski definition) is 6. The molecule has 4 aromatic rings. The van der Waals surface area contributed by atoms with Crippen molar-refractivity contribution >= 4 is 33.2 Å². The molecule has 4 rings (SSSR count). The Kier molecular flexibility index (Phi) is 6.51. The zero-order chi connectivity index (χ0) is 24.4. The van der Waals surface area contributed by atoms with E-state index >= 15 is 0 Å². The van der Waals surface area contributed by atoms with Gasteiger partial charge in [-0.2, -0.15) is 0 Å². The van der Waals surface area contributed by atoms with Crippen molar-refractivity contribution in [3.05, 3.63) is 81.4 Å². The molecule has 0 amide bonds. The summed E-state index contributed by atoms with van der Waals surface area (Å²) in [6.45, 7) is 7.10. The highest BCUT2D eigenvalue weighted by Crippen LogP contribution is 2.33. The number of nitro groups is 1. The Balaban J connectivity index is 1.80. The quantitative estimate of drug-likeness (QED) is 0.158. The second-order valence-electron chi connectivity index (χ2n) is 8.24. The van der Waals surface area contributed by atoms with E-state index in [1.54, 1.807) is 19.2 Å². The maximum absolute atomic E-state index is 11.4. The molecule has 0 aliphatic rings. The lowest BCUT2D eigenvalue weighted by molar-refractivity contribution is -0.384. The molecule has 0 aliphatic heterocycles. The Morgan fingerprint density at radius 1 is 1.12 bits per heavy atom. The summed E-state index contributed by atoms with van der Waals surface area (Å²) < 4.78 is 13.1. The number of ether oxygens (including phenoxy) is 2. The van der Waals surface area contributed by atoms with Crippen molar-refractivity contribution in [2.75, 3.05) is 13.7 Å². The van der Waals surface area contributed by atoms with Crippen LogP contribution in [0.5, 0.6) is 5.75 Å². The van der Waals surface area contributed by atoms with Crippen LogP contribution >= 0.6 is 0 Å². The second kappa shape index (κ2) is 9.52. The van der Waals surface area contributed by atoms with E-state index in [1.165, 1.54) is 6.07 Å². The summed E-state index contributed by atoms with van der Waals surface area (Å²) in [4.78, 5) is 11.0. The van der Waals surface area contributed by atoms with Crippen molar-refractivity contribution in [3.8, 4) is 5.75 Å². The van der Waals surface area contributed by atoms with Crippen LogP contribution in [0.3, 0.4) is 0 Å². The number of rotatable bonds is 8. The van der Waals surface area contributed by atoms with Gasteiger partial charge < -0.3 is 19.2 Å². The molecule has 3 aromatic carbocycles. The van der Waals surface area contributed by atoms with E-state index in [-0.39, 0.29) is 16.7 Å². The number of aryl methyl sites for hydroxylation is 2. The van der Waals surface area contributed by atoms with Gasteiger partial charge in [-0.25, -0.2) is 0 Å². The van der Waals surface area contributed by atoms with E-state index in [9.17, 15) is 15.3 Å². The molecule has 1 unspecified atom stereocenters. The molecule has 0 aliphatic carbocycles. The summed E-state index contributed by atoms with van der Waals surface area (Å²) in [5.41, 5.74) is 4.70. The van der Waals surface area contributed by atoms with Crippen LogP contribution < -0.4 is 4.74 Å². The van der Waals surface area contributed by atoms with Gasteiger partial charge in [0.1, 0.15) is 17.6 Å².